The number of aromatic nitrogens is 4. The van der Waals surface area contributed by atoms with Crippen molar-refractivity contribution in [2.24, 2.45) is 0 Å². The zero-order chi connectivity index (χ0) is 23.7. The molecule has 10 nitrogen and oxygen atoms in total. The molecule has 5 rings (SSSR count). The summed E-state index contributed by atoms with van der Waals surface area (Å²) in [5, 5.41) is 13.6. The van der Waals surface area contributed by atoms with E-state index in [0.717, 1.165) is 31.4 Å². The summed E-state index contributed by atoms with van der Waals surface area (Å²) in [5.74, 6) is 0.338. The van der Waals surface area contributed by atoms with Gasteiger partial charge in [0.15, 0.2) is 5.65 Å². The Morgan fingerprint density at radius 3 is 2.53 bits per heavy atom. The number of carbonyl (C=O) groups excluding carboxylic acids is 2. The molecule has 2 amide bonds. The molecule has 10 heteroatoms. The highest BCUT2D eigenvalue weighted by Crippen LogP contribution is 2.26. The van der Waals surface area contributed by atoms with Crippen molar-refractivity contribution < 1.29 is 9.59 Å². The van der Waals surface area contributed by atoms with Crippen molar-refractivity contribution in [2.45, 2.75) is 44.2 Å². The van der Waals surface area contributed by atoms with E-state index in [0.29, 0.717) is 34.7 Å². The number of carbonyl (C=O) groups is 2. The van der Waals surface area contributed by atoms with Crippen LogP contribution < -0.4 is 16.0 Å². The molecule has 1 aromatic carbocycles. The number of amides is 2. The first-order valence-corrected chi connectivity index (χ1v) is 11.5. The Kier molecular flexibility index (Phi) is 5.97. The molecule has 0 bridgehead atoms. The molecule has 2 fully saturated rings. The van der Waals surface area contributed by atoms with Crippen molar-refractivity contribution >= 4 is 41.1 Å². The van der Waals surface area contributed by atoms with Gasteiger partial charge in [0.2, 0.25) is 17.8 Å². The van der Waals surface area contributed by atoms with Crippen molar-refractivity contribution in [3.05, 3.63) is 47.7 Å². The lowest BCUT2D eigenvalue weighted by molar-refractivity contribution is -0.124. The van der Waals surface area contributed by atoms with Gasteiger partial charge in [-0.25, -0.2) is 0 Å². The summed E-state index contributed by atoms with van der Waals surface area (Å²) in [7, 11) is 4.26. The predicted octanol–water partition coefficient (Wildman–Crippen LogP) is 2.58. The maximum Gasteiger partial charge on any atom is 0.254 e. The normalized spacial score (nSPS) is 21.9. The molecular weight excluding hydrogens is 432 g/mol. The van der Waals surface area contributed by atoms with Gasteiger partial charge in [-0.1, -0.05) is 18.2 Å². The summed E-state index contributed by atoms with van der Waals surface area (Å²) >= 11 is 0. The second-order valence-electron chi connectivity index (χ2n) is 9.03. The molecule has 0 radical (unpaired) electrons. The number of imide groups is 1. The molecule has 0 atom stereocenters. The van der Waals surface area contributed by atoms with Crippen molar-refractivity contribution in [1.29, 1.82) is 0 Å². The summed E-state index contributed by atoms with van der Waals surface area (Å²) in [5.41, 5.74) is 2.47. The average Bonchev–Trinajstić information content (AvgIpc) is 3.37. The highest BCUT2D eigenvalue weighted by molar-refractivity contribution is 6.15. The Hall–Kier alpha value is -3.79. The molecule has 2 aromatic heterocycles. The largest absolute Gasteiger partial charge is 0.351 e. The van der Waals surface area contributed by atoms with Crippen LogP contribution in [0.4, 0.5) is 17.6 Å². The third kappa shape index (κ3) is 4.62. The molecule has 0 spiro atoms. The number of benzene rings is 1. The van der Waals surface area contributed by atoms with Crippen LogP contribution in [0.25, 0.3) is 11.7 Å². The van der Waals surface area contributed by atoms with Crippen LogP contribution in [0.15, 0.2) is 42.1 Å². The third-order valence-electron chi connectivity index (χ3n) is 6.41. The Morgan fingerprint density at radius 2 is 1.85 bits per heavy atom. The van der Waals surface area contributed by atoms with Crippen molar-refractivity contribution in [2.75, 3.05) is 24.7 Å². The van der Waals surface area contributed by atoms with E-state index in [-0.39, 0.29) is 24.3 Å². The van der Waals surface area contributed by atoms with E-state index in [1.54, 1.807) is 16.8 Å². The van der Waals surface area contributed by atoms with Crippen LogP contribution in [0.2, 0.25) is 0 Å². The number of anilines is 3. The first kappa shape index (κ1) is 22.0. The summed E-state index contributed by atoms with van der Waals surface area (Å²) in [6.07, 6.45) is 7.68. The third-order valence-corrected chi connectivity index (χ3v) is 6.41. The quantitative estimate of drug-likeness (QED) is 0.380. The summed E-state index contributed by atoms with van der Waals surface area (Å²) < 4.78 is 1.61. The lowest BCUT2D eigenvalue weighted by atomic mass is 9.91. The number of hydrogen-bond acceptors (Lipinski definition) is 8. The lowest BCUT2D eigenvalue weighted by Gasteiger charge is -2.33. The van der Waals surface area contributed by atoms with E-state index in [4.69, 9.17) is 9.97 Å². The first-order valence-electron chi connectivity index (χ1n) is 11.5. The Bertz CT molecular complexity index is 1240. The van der Waals surface area contributed by atoms with Crippen LogP contribution in [0.1, 0.15) is 37.7 Å². The molecule has 1 aliphatic heterocycles. The predicted molar refractivity (Wildman–Crippen MR) is 130 cm³/mol. The van der Waals surface area contributed by atoms with Crippen LogP contribution in [0.5, 0.6) is 0 Å². The monoisotopic (exact) mass is 460 g/mol. The minimum absolute atomic E-state index is 0.0522. The summed E-state index contributed by atoms with van der Waals surface area (Å²) in [6, 6.07) is 10.6. The second kappa shape index (κ2) is 9.22. The molecule has 3 heterocycles. The molecule has 34 heavy (non-hydrogen) atoms. The van der Waals surface area contributed by atoms with Gasteiger partial charge in [0.05, 0.1) is 12.6 Å². The Balaban J connectivity index is 1.48. The van der Waals surface area contributed by atoms with E-state index in [1.807, 2.05) is 30.3 Å². The standard InChI is InChI=1S/C24H28N8O2/c1-31(2)19-10-8-18(9-11-19)26-23-29-21-16(12-15-13-20(33)28-22(15)34)14-25-32(21)24(30-23)27-17-6-4-3-5-7-17/h3-7,12,14,18-19H,8-11,13H2,1-2H3,(H,28,33,34)(H2,26,27,29,30)/b15-12+. The fraction of sp³-hybridized carbons (Fsp3) is 0.375. The van der Waals surface area contributed by atoms with Crippen LogP contribution in [0.3, 0.4) is 0 Å². The molecule has 1 saturated carbocycles. The molecule has 3 aromatic rings. The first-order chi connectivity index (χ1) is 16.5. The Labute approximate surface area is 197 Å². The van der Waals surface area contributed by atoms with Gasteiger partial charge in [-0.3, -0.25) is 14.9 Å². The average molecular weight is 461 g/mol. The number of nitrogens with zero attached hydrogens (tertiary/aromatic N) is 5. The number of fused-ring (bicyclic) bond motifs is 1. The van der Waals surface area contributed by atoms with E-state index < -0.39 is 0 Å². The fourth-order valence-corrected chi connectivity index (χ4v) is 4.52. The van der Waals surface area contributed by atoms with Crippen LogP contribution in [0, 0.1) is 0 Å². The van der Waals surface area contributed by atoms with Crippen molar-refractivity contribution in [1.82, 2.24) is 29.8 Å². The van der Waals surface area contributed by atoms with Gasteiger partial charge in [-0.05, 0) is 58.0 Å². The maximum atomic E-state index is 12.1. The smallest absolute Gasteiger partial charge is 0.254 e. The Morgan fingerprint density at radius 1 is 1.09 bits per heavy atom. The van der Waals surface area contributed by atoms with Gasteiger partial charge in [0, 0.05) is 28.9 Å². The van der Waals surface area contributed by atoms with Gasteiger partial charge in [0.25, 0.3) is 5.91 Å². The SMILES string of the molecule is CN(C)C1CCC(Nc2nc(Nc3ccccc3)n3ncc(/C=C4\CC(=O)NC4=O)c3n2)CC1. The van der Waals surface area contributed by atoms with Gasteiger partial charge in [0.1, 0.15) is 0 Å². The van der Waals surface area contributed by atoms with Gasteiger partial charge < -0.3 is 15.5 Å². The van der Waals surface area contributed by atoms with Crippen LogP contribution in [-0.2, 0) is 9.59 Å². The second-order valence-corrected chi connectivity index (χ2v) is 9.03. The minimum Gasteiger partial charge on any atom is -0.351 e. The van der Waals surface area contributed by atoms with Crippen LogP contribution >= 0.6 is 0 Å². The zero-order valence-electron chi connectivity index (χ0n) is 19.3. The van der Waals surface area contributed by atoms with E-state index in [9.17, 15) is 9.59 Å². The van der Waals surface area contributed by atoms with Crippen molar-refractivity contribution in [3.8, 4) is 0 Å². The number of hydrogen-bond donors (Lipinski definition) is 3. The molecule has 1 aliphatic carbocycles. The summed E-state index contributed by atoms with van der Waals surface area (Å²) in [4.78, 5) is 35.4. The van der Waals surface area contributed by atoms with E-state index in [2.05, 4.69) is 40.0 Å². The van der Waals surface area contributed by atoms with E-state index in [1.165, 1.54) is 0 Å². The minimum atomic E-state index is -0.378. The molecule has 0 unspecified atom stereocenters. The molecule has 2 aliphatic rings. The molecule has 3 N–H and O–H groups in total. The fourth-order valence-electron chi connectivity index (χ4n) is 4.52. The molecule has 176 valence electrons. The van der Waals surface area contributed by atoms with Gasteiger partial charge >= 0.3 is 0 Å². The van der Waals surface area contributed by atoms with E-state index >= 15 is 0 Å². The number of para-hydroxylation sites is 1. The van der Waals surface area contributed by atoms with Gasteiger partial charge in [-0.2, -0.15) is 19.6 Å². The summed E-state index contributed by atoms with van der Waals surface area (Å²) in [6.45, 7) is 0. The highest BCUT2D eigenvalue weighted by Gasteiger charge is 2.26. The highest BCUT2D eigenvalue weighted by atomic mass is 16.2. The van der Waals surface area contributed by atoms with Crippen molar-refractivity contribution in [3.63, 3.8) is 0 Å². The number of nitrogens with one attached hydrogen (secondary N) is 3. The number of rotatable bonds is 6. The zero-order valence-corrected chi connectivity index (χ0v) is 19.3. The molecular formula is C24H28N8O2. The lowest BCUT2D eigenvalue weighted by Crippen LogP contribution is -2.36. The van der Waals surface area contributed by atoms with Gasteiger partial charge in [-0.15, -0.1) is 0 Å². The van der Waals surface area contributed by atoms with Crippen LogP contribution in [-0.4, -0.2) is 62.5 Å². The topological polar surface area (TPSA) is 117 Å². The maximum absolute atomic E-state index is 12.1. The molecule has 1 saturated heterocycles.